The second-order valence-electron chi connectivity index (χ2n) is 7.04. The van der Waals surface area contributed by atoms with Gasteiger partial charge in [-0.05, 0) is 25.3 Å². The third-order valence-electron chi connectivity index (χ3n) is 4.81. The maximum atomic E-state index is 12.5. The highest BCUT2D eigenvalue weighted by atomic mass is 32.1. The summed E-state index contributed by atoms with van der Waals surface area (Å²) in [5.74, 6) is 0.0511. The highest BCUT2D eigenvalue weighted by Gasteiger charge is 2.14. The Morgan fingerprint density at radius 2 is 1.82 bits per heavy atom. The van der Waals surface area contributed by atoms with Gasteiger partial charge in [-0.15, -0.1) is 11.3 Å². The zero-order chi connectivity index (χ0) is 19.3. The number of thiazole rings is 1. The smallest absolute Gasteiger partial charge is 0.226 e. The first-order valence-electron chi connectivity index (χ1n) is 9.53. The van der Waals surface area contributed by atoms with Crippen LogP contribution in [-0.2, 0) is 17.6 Å². The minimum absolute atomic E-state index is 0.0511. The zero-order valence-corrected chi connectivity index (χ0v) is 16.7. The lowest BCUT2D eigenvalue weighted by Crippen LogP contribution is -2.34. The summed E-state index contributed by atoms with van der Waals surface area (Å²) in [6, 6.07) is 20.6. The summed E-state index contributed by atoms with van der Waals surface area (Å²) in [6.07, 6.45) is 4.27. The van der Waals surface area contributed by atoms with Gasteiger partial charge in [0.25, 0.3) is 0 Å². The minimum atomic E-state index is 0.0511. The van der Waals surface area contributed by atoms with Crippen LogP contribution < -0.4 is 5.32 Å². The van der Waals surface area contributed by atoms with E-state index in [1.807, 2.05) is 52.4 Å². The predicted octanol–water partition coefficient (Wildman–Crippen LogP) is 4.74. The molecular weight excluding hydrogens is 366 g/mol. The topological polar surface area (TPSA) is 46.4 Å². The number of nitrogens with one attached hydrogen (secondary N) is 1. The summed E-state index contributed by atoms with van der Waals surface area (Å²) in [5.41, 5.74) is 4.30. The molecule has 1 atom stereocenters. The van der Waals surface area contributed by atoms with Crippen LogP contribution >= 0.6 is 11.3 Å². The van der Waals surface area contributed by atoms with Crippen molar-refractivity contribution in [2.24, 2.45) is 0 Å². The summed E-state index contributed by atoms with van der Waals surface area (Å²) < 4.78 is 2.03. The van der Waals surface area contributed by atoms with Crippen LogP contribution in [0.1, 0.15) is 24.6 Å². The molecular formula is C23H23N3OS. The molecule has 142 valence electrons. The summed E-state index contributed by atoms with van der Waals surface area (Å²) in [6.45, 7) is 2.06. The Hall–Kier alpha value is -2.92. The molecule has 0 bridgehead atoms. The number of carbonyl (C=O) groups excluding carboxylic acids is 1. The van der Waals surface area contributed by atoms with Crippen molar-refractivity contribution in [2.45, 2.75) is 32.2 Å². The number of aryl methyl sites for hydroxylation is 1. The van der Waals surface area contributed by atoms with Gasteiger partial charge in [0.05, 0.1) is 12.1 Å². The maximum Gasteiger partial charge on any atom is 0.226 e. The van der Waals surface area contributed by atoms with Gasteiger partial charge in [-0.25, -0.2) is 4.98 Å². The number of imidazole rings is 1. The van der Waals surface area contributed by atoms with Crippen LogP contribution in [0.2, 0.25) is 0 Å². The van der Waals surface area contributed by atoms with Crippen molar-refractivity contribution < 1.29 is 4.79 Å². The number of nitrogens with zero attached hydrogens (tertiary/aromatic N) is 2. The molecule has 5 heteroatoms. The van der Waals surface area contributed by atoms with Crippen LogP contribution in [-0.4, -0.2) is 21.3 Å². The molecule has 1 N–H and O–H groups in total. The Kier molecular flexibility index (Phi) is 5.53. The molecule has 0 unspecified atom stereocenters. The van der Waals surface area contributed by atoms with E-state index < -0.39 is 0 Å². The lowest BCUT2D eigenvalue weighted by Gasteiger charge is -2.13. The lowest BCUT2D eigenvalue weighted by molar-refractivity contribution is -0.121. The van der Waals surface area contributed by atoms with Crippen LogP contribution in [0.4, 0.5) is 0 Å². The fourth-order valence-corrected chi connectivity index (χ4v) is 4.17. The average Bonchev–Trinajstić information content (AvgIpc) is 3.30. The second kappa shape index (κ2) is 8.40. The predicted molar refractivity (Wildman–Crippen MR) is 115 cm³/mol. The van der Waals surface area contributed by atoms with Gasteiger partial charge in [0.15, 0.2) is 4.96 Å². The van der Waals surface area contributed by atoms with Gasteiger partial charge in [0.1, 0.15) is 0 Å². The Bertz CT molecular complexity index is 1050. The fraction of sp³-hybridized carbons (Fsp3) is 0.217. The molecule has 0 spiro atoms. The maximum absolute atomic E-state index is 12.5. The van der Waals surface area contributed by atoms with Crippen molar-refractivity contribution in [1.82, 2.24) is 14.7 Å². The Morgan fingerprint density at radius 3 is 2.57 bits per heavy atom. The van der Waals surface area contributed by atoms with E-state index in [1.165, 1.54) is 5.56 Å². The highest BCUT2D eigenvalue weighted by Crippen LogP contribution is 2.23. The van der Waals surface area contributed by atoms with Gasteiger partial charge >= 0.3 is 0 Å². The quantitative estimate of drug-likeness (QED) is 0.496. The van der Waals surface area contributed by atoms with E-state index in [-0.39, 0.29) is 11.9 Å². The van der Waals surface area contributed by atoms with Gasteiger partial charge in [0.2, 0.25) is 5.91 Å². The highest BCUT2D eigenvalue weighted by molar-refractivity contribution is 7.15. The van der Waals surface area contributed by atoms with E-state index in [1.54, 1.807) is 11.3 Å². The molecule has 2 aromatic carbocycles. The molecule has 2 aromatic heterocycles. The fourth-order valence-electron chi connectivity index (χ4n) is 3.29. The first-order chi connectivity index (χ1) is 13.7. The Labute approximate surface area is 168 Å². The van der Waals surface area contributed by atoms with Gasteiger partial charge in [0, 0.05) is 28.9 Å². The van der Waals surface area contributed by atoms with Crippen LogP contribution in [0.3, 0.4) is 0 Å². The van der Waals surface area contributed by atoms with E-state index in [9.17, 15) is 4.79 Å². The number of amides is 1. The van der Waals surface area contributed by atoms with E-state index in [0.29, 0.717) is 6.42 Å². The largest absolute Gasteiger partial charge is 0.353 e. The van der Waals surface area contributed by atoms with Crippen LogP contribution in [0.15, 0.2) is 72.2 Å². The first kappa shape index (κ1) is 18.4. The normalized spacial score (nSPS) is 12.2. The monoisotopic (exact) mass is 389 g/mol. The average molecular weight is 390 g/mol. The van der Waals surface area contributed by atoms with Crippen molar-refractivity contribution in [2.75, 3.05) is 0 Å². The van der Waals surface area contributed by atoms with Gasteiger partial charge in [-0.1, -0.05) is 60.7 Å². The number of hydrogen-bond acceptors (Lipinski definition) is 3. The standard InChI is InChI=1S/C23H23N3OS/c1-17(12-13-18-8-4-2-5-9-18)24-22(27)14-20-16-28-23-25-21(15-26(20)23)19-10-6-3-7-11-19/h2-11,15-17H,12-14H2,1H3,(H,24,27)/t17-/m0/s1. The van der Waals surface area contributed by atoms with E-state index >= 15 is 0 Å². The molecule has 28 heavy (non-hydrogen) atoms. The number of fused-ring (bicyclic) bond motifs is 1. The molecule has 0 fully saturated rings. The number of aromatic nitrogens is 2. The molecule has 4 rings (SSSR count). The summed E-state index contributed by atoms with van der Waals surface area (Å²) >= 11 is 1.57. The Morgan fingerprint density at radius 1 is 1.11 bits per heavy atom. The molecule has 1 amide bonds. The van der Waals surface area contributed by atoms with Gasteiger partial charge in [-0.3, -0.25) is 9.20 Å². The number of benzene rings is 2. The van der Waals surface area contributed by atoms with Crippen molar-refractivity contribution >= 4 is 22.2 Å². The van der Waals surface area contributed by atoms with E-state index in [4.69, 9.17) is 0 Å². The SMILES string of the molecule is C[C@@H](CCc1ccccc1)NC(=O)Cc1csc2nc(-c3ccccc3)cn12. The third kappa shape index (κ3) is 4.31. The lowest BCUT2D eigenvalue weighted by atomic mass is 10.1. The molecule has 0 saturated carbocycles. The van der Waals surface area contributed by atoms with Crippen LogP contribution in [0.25, 0.3) is 16.2 Å². The van der Waals surface area contributed by atoms with E-state index in [2.05, 4.69) is 41.5 Å². The minimum Gasteiger partial charge on any atom is -0.353 e. The molecule has 2 heterocycles. The number of rotatable bonds is 7. The Balaban J connectivity index is 1.37. The van der Waals surface area contributed by atoms with E-state index in [0.717, 1.165) is 34.8 Å². The summed E-state index contributed by atoms with van der Waals surface area (Å²) in [5, 5.41) is 5.14. The molecule has 0 radical (unpaired) electrons. The second-order valence-corrected chi connectivity index (χ2v) is 7.88. The third-order valence-corrected chi connectivity index (χ3v) is 5.70. The molecule has 0 aliphatic rings. The van der Waals surface area contributed by atoms with Gasteiger partial charge < -0.3 is 5.32 Å². The van der Waals surface area contributed by atoms with Crippen LogP contribution in [0.5, 0.6) is 0 Å². The first-order valence-corrected chi connectivity index (χ1v) is 10.4. The molecule has 4 nitrogen and oxygen atoms in total. The summed E-state index contributed by atoms with van der Waals surface area (Å²) in [4.78, 5) is 18.1. The van der Waals surface area contributed by atoms with Crippen LogP contribution in [0, 0.1) is 0 Å². The van der Waals surface area contributed by atoms with Crippen molar-refractivity contribution in [3.63, 3.8) is 0 Å². The molecule has 0 aliphatic carbocycles. The van der Waals surface area contributed by atoms with Crippen molar-refractivity contribution in [3.05, 3.63) is 83.5 Å². The van der Waals surface area contributed by atoms with Gasteiger partial charge in [-0.2, -0.15) is 0 Å². The molecule has 0 aliphatic heterocycles. The van der Waals surface area contributed by atoms with Crippen molar-refractivity contribution in [3.8, 4) is 11.3 Å². The number of carbonyl (C=O) groups is 1. The number of hydrogen-bond donors (Lipinski definition) is 1. The summed E-state index contributed by atoms with van der Waals surface area (Å²) in [7, 11) is 0. The zero-order valence-electron chi connectivity index (χ0n) is 15.8. The van der Waals surface area contributed by atoms with Crippen molar-refractivity contribution in [1.29, 1.82) is 0 Å². The molecule has 4 aromatic rings. The molecule has 0 saturated heterocycles.